The molecule has 2 heterocycles. The molecule has 1 aromatic carbocycles. The number of nitrogens with one attached hydrogen (secondary N) is 2. The molecule has 3 aromatic rings. The molecule has 1 saturated carbocycles. The van der Waals surface area contributed by atoms with Crippen LogP contribution in [-0.4, -0.2) is 27.7 Å². The van der Waals surface area contributed by atoms with Crippen molar-refractivity contribution in [3.63, 3.8) is 0 Å². The first-order valence-corrected chi connectivity index (χ1v) is 12.4. The zero-order chi connectivity index (χ0) is 25.3. The molecule has 7 heteroatoms. The highest BCUT2D eigenvalue weighted by molar-refractivity contribution is 6.00. The van der Waals surface area contributed by atoms with Gasteiger partial charge in [-0.1, -0.05) is 26.5 Å². The van der Waals surface area contributed by atoms with E-state index in [1.54, 1.807) is 6.20 Å². The van der Waals surface area contributed by atoms with Crippen molar-refractivity contribution in [2.75, 3.05) is 29.5 Å². The van der Waals surface area contributed by atoms with Crippen LogP contribution in [-0.2, 0) is 5.54 Å². The summed E-state index contributed by atoms with van der Waals surface area (Å²) in [6.45, 7) is 13.4. The topological polar surface area (TPSA) is 105 Å². The predicted octanol–water partition coefficient (Wildman–Crippen LogP) is 5.57. The number of nitrogen functional groups attached to an aromatic ring is 1. The summed E-state index contributed by atoms with van der Waals surface area (Å²) < 4.78 is 2.23. The predicted molar refractivity (Wildman–Crippen MR) is 146 cm³/mol. The average molecular weight is 476 g/mol. The Labute approximate surface area is 207 Å². The number of aliphatic hydroxyl groups excluding tert-OH is 1. The molecule has 4 rings (SSSR count). The zero-order valence-corrected chi connectivity index (χ0v) is 21.2. The molecule has 0 bridgehead atoms. The highest BCUT2D eigenvalue weighted by Gasteiger charge is 2.40. The van der Waals surface area contributed by atoms with E-state index in [1.807, 2.05) is 31.3 Å². The van der Waals surface area contributed by atoms with Crippen LogP contribution in [0, 0.1) is 19.8 Å². The maximum Gasteiger partial charge on any atom is 0.202 e. The number of pyridine rings is 2. The molecular formula is C28H37N5O2. The van der Waals surface area contributed by atoms with Gasteiger partial charge in [-0.15, -0.1) is 0 Å². The lowest BCUT2D eigenvalue weighted by atomic mass is 9.71. The number of aliphatic hydroxyl groups is 1. The number of aryl methyl sites for hydroxylation is 1. The summed E-state index contributed by atoms with van der Waals surface area (Å²) in [7, 11) is 0. The third kappa shape index (κ3) is 4.47. The van der Waals surface area contributed by atoms with E-state index < -0.39 is 0 Å². The minimum Gasteiger partial charge on any atom is -0.508 e. The van der Waals surface area contributed by atoms with Crippen molar-refractivity contribution >= 4 is 33.9 Å². The number of anilines is 3. The van der Waals surface area contributed by atoms with E-state index >= 15 is 0 Å². The monoisotopic (exact) mass is 475 g/mol. The Morgan fingerprint density at radius 1 is 1.23 bits per heavy atom. The second-order valence-electron chi connectivity index (χ2n) is 10.2. The first-order chi connectivity index (χ1) is 16.7. The van der Waals surface area contributed by atoms with Gasteiger partial charge in [0.1, 0.15) is 11.6 Å². The van der Waals surface area contributed by atoms with Crippen molar-refractivity contribution in [2.45, 2.75) is 58.9 Å². The van der Waals surface area contributed by atoms with E-state index in [-0.39, 0.29) is 22.3 Å². The highest BCUT2D eigenvalue weighted by Crippen LogP contribution is 2.47. The van der Waals surface area contributed by atoms with Crippen LogP contribution in [0.3, 0.4) is 0 Å². The summed E-state index contributed by atoms with van der Waals surface area (Å²) in [5.74, 6) is 1.10. The van der Waals surface area contributed by atoms with Gasteiger partial charge in [0, 0.05) is 42.4 Å². The van der Waals surface area contributed by atoms with Crippen LogP contribution >= 0.6 is 0 Å². The summed E-state index contributed by atoms with van der Waals surface area (Å²) >= 11 is 0. The summed E-state index contributed by atoms with van der Waals surface area (Å²) in [4.78, 5) is 17.8. The number of hydrogen-bond donors (Lipinski definition) is 4. The zero-order valence-electron chi connectivity index (χ0n) is 21.2. The Kier molecular flexibility index (Phi) is 6.79. The summed E-state index contributed by atoms with van der Waals surface area (Å²) in [5, 5.41) is 17.6. The van der Waals surface area contributed by atoms with E-state index in [9.17, 15) is 9.90 Å². The van der Waals surface area contributed by atoms with Gasteiger partial charge in [0.25, 0.3) is 0 Å². The van der Waals surface area contributed by atoms with Crippen molar-refractivity contribution in [2.24, 2.45) is 5.92 Å². The third-order valence-corrected chi connectivity index (χ3v) is 7.28. The standard InChI is InChI=1S/C28H37N5O2/c1-17(2)15-28(10-8-11-28)33-16-21(20(5)34)27(35)23-24(29)18(3)25(19(4)26(23)33)32-14-13-31-22-9-6-7-12-30-22/h6-7,9,12,16-17,32,34H,5,8,10-11,13-15,29H2,1-4H3,(H,30,31). The van der Waals surface area contributed by atoms with Crippen LogP contribution in [0.1, 0.15) is 56.2 Å². The number of aromatic nitrogens is 2. The summed E-state index contributed by atoms with van der Waals surface area (Å²) in [5.41, 5.74) is 10.6. The number of rotatable bonds is 9. The first kappa shape index (κ1) is 24.6. The van der Waals surface area contributed by atoms with E-state index in [0.717, 1.165) is 53.8 Å². The third-order valence-electron chi connectivity index (χ3n) is 7.28. The van der Waals surface area contributed by atoms with Crippen LogP contribution in [0.5, 0.6) is 0 Å². The van der Waals surface area contributed by atoms with Gasteiger partial charge in [0.15, 0.2) is 0 Å². The molecule has 5 N–H and O–H groups in total. The van der Waals surface area contributed by atoms with Gasteiger partial charge in [0.2, 0.25) is 5.43 Å². The van der Waals surface area contributed by atoms with E-state index in [2.05, 4.69) is 47.5 Å². The fraction of sp³-hybridized carbons (Fsp3) is 0.429. The second kappa shape index (κ2) is 9.64. The normalized spacial score (nSPS) is 14.7. The second-order valence-corrected chi connectivity index (χ2v) is 10.2. The SMILES string of the molecule is C=C(O)c1cn(C2(CC(C)C)CCC2)c2c(C)c(NCCNc3ccccn3)c(C)c(N)c2c1=O. The summed E-state index contributed by atoms with van der Waals surface area (Å²) in [6, 6.07) is 5.77. The fourth-order valence-corrected chi connectivity index (χ4v) is 5.53. The average Bonchev–Trinajstić information content (AvgIpc) is 2.79. The van der Waals surface area contributed by atoms with Crippen LogP contribution in [0.4, 0.5) is 17.2 Å². The Bertz CT molecular complexity index is 1310. The van der Waals surface area contributed by atoms with Crippen LogP contribution < -0.4 is 21.8 Å². The van der Waals surface area contributed by atoms with Gasteiger partial charge in [-0.25, -0.2) is 4.98 Å². The van der Waals surface area contributed by atoms with Gasteiger partial charge >= 0.3 is 0 Å². The van der Waals surface area contributed by atoms with Crippen molar-refractivity contribution in [3.05, 3.63) is 64.1 Å². The lowest BCUT2D eigenvalue weighted by molar-refractivity contribution is 0.115. The van der Waals surface area contributed by atoms with Gasteiger partial charge in [-0.05, 0) is 68.7 Å². The molecule has 7 nitrogen and oxygen atoms in total. The molecule has 1 aliphatic carbocycles. The molecule has 0 saturated heterocycles. The maximum atomic E-state index is 13.5. The lowest BCUT2D eigenvalue weighted by Crippen LogP contribution is -2.43. The molecule has 0 atom stereocenters. The van der Waals surface area contributed by atoms with Gasteiger partial charge in [-0.2, -0.15) is 0 Å². The minimum atomic E-state index is -0.269. The minimum absolute atomic E-state index is 0.103. The van der Waals surface area contributed by atoms with Gasteiger partial charge in [0.05, 0.1) is 16.5 Å². The first-order valence-electron chi connectivity index (χ1n) is 12.4. The molecule has 1 aliphatic rings. The van der Waals surface area contributed by atoms with E-state index in [0.29, 0.717) is 30.1 Å². The molecule has 0 aliphatic heterocycles. The quantitative estimate of drug-likeness (QED) is 0.183. The number of benzene rings is 1. The fourth-order valence-electron chi connectivity index (χ4n) is 5.53. The van der Waals surface area contributed by atoms with Crippen LogP contribution in [0.2, 0.25) is 0 Å². The molecule has 35 heavy (non-hydrogen) atoms. The Balaban J connectivity index is 1.82. The van der Waals surface area contributed by atoms with Crippen LogP contribution in [0.25, 0.3) is 16.7 Å². The molecule has 2 aromatic heterocycles. The number of hydrogen-bond acceptors (Lipinski definition) is 6. The largest absolute Gasteiger partial charge is 0.508 e. The Morgan fingerprint density at radius 3 is 2.51 bits per heavy atom. The van der Waals surface area contributed by atoms with Gasteiger partial charge in [-0.3, -0.25) is 4.79 Å². The van der Waals surface area contributed by atoms with Crippen molar-refractivity contribution in [3.8, 4) is 0 Å². The highest BCUT2D eigenvalue weighted by atomic mass is 16.3. The van der Waals surface area contributed by atoms with E-state index in [4.69, 9.17) is 5.73 Å². The van der Waals surface area contributed by atoms with Crippen LogP contribution in [0.15, 0.2) is 42.0 Å². The lowest BCUT2D eigenvalue weighted by Gasteiger charge is -2.47. The number of nitrogens with two attached hydrogens (primary N) is 1. The molecule has 1 fully saturated rings. The van der Waals surface area contributed by atoms with Crippen molar-refractivity contribution in [1.82, 2.24) is 9.55 Å². The Morgan fingerprint density at radius 2 is 1.94 bits per heavy atom. The molecule has 0 amide bonds. The van der Waals surface area contributed by atoms with Crippen molar-refractivity contribution < 1.29 is 5.11 Å². The van der Waals surface area contributed by atoms with Crippen molar-refractivity contribution in [1.29, 1.82) is 0 Å². The Hall–Kier alpha value is -3.48. The van der Waals surface area contributed by atoms with E-state index in [1.165, 1.54) is 0 Å². The number of nitrogens with zero attached hydrogens (tertiary/aromatic N) is 2. The molecule has 0 radical (unpaired) electrons. The smallest absolute Gasteiger partial charge is 0.202 e. The molecule has 0 unspecified atom stereocenters. The number of fused-ring (bicyclic) bond motifs is 1. The maximum absolute atomic E-state index is 13.5. The van der Waals surface area contributed by atoms with Gasteiger partial charge < -0.3 is 26.0 Å². The molecule has 186 valence electrons. The summed E-state index contributed by atoms with van der Waals surface area (Å²) in [6.07, 6.45) is 7.76. The molecular weight excluding hydrogens is 438 g/mol. The molecule has 0 spiro atoms.